The van der Waals surface area contributed by atoms with E-state index in [2.05, 4.69) is 14.6 Å². The highest BCUT2D eigenvalue weighted by molar-refractivity contribution is 5.99. The van der Waals surface area contributed by atoms with E-state index in [1.165, 1.54) is 5.69 Å². The molecule has 0 spiro atoms. The summed E-state index contributed by atoms with van der Waals surface area (Å²) >= 11 is 0. The zero-order chi connectivity index (χ0) is 23.1. The molecule has 3 aromatic heterocycles. The van der Waals surface area contributed by atoms with E-state index in [1.807, 2.05) is 48.7 Å². The first kappa shape index (κ1) is 20.1. The molecule has 0 unspecified atom stereocenters. The Kier molecular flexibility index (Phi) is 4.80. The summed E-state index contributed by atoms with van der Waals surface area (Å²) in [5, 5.41) is 5.93. The van der Waals surface area contributed by atoms with Crippen LogP contribution in [0.1, 0.15) is 22.5 Å². The highest BCUT2D eigenvalue weighted by Gasteiger charge is 2.25. The highest BCUT2D eigenvalue weighted by atomic mass is 16.5. The number of nitrogens with zero attached hydrogens (tertiary/aromatic N) is 4. The van der Waals surface area contributed by atoms with Gasteiger partial charge in [0.2, 0.25) is 5.91 Å². The summed E-state index contributed by atoms with van der Waals surface area (Å²) in [7, 11) is 0. The SMILES string of the molecule is NC(=O)c1cccc(Oc2ccc3c(-c4c(-c5ccccn5)nn5c4CCC5)ccnc3c2)c1. The lowest BCUT2D eigenvalue weighted by Crippen LogP contribution is -2.10. The monoisotopic (exact) mass is 447 g/mol. The van der Waals surface area contributed by atoms with E-state index in [4.69, 9.17) is 15.6 Å². The fourth-order valence-electron chi connectivity index (χ4n) is 4.56. The Hall–Kier alpha value is -4.52. The first-order valence-electron chi connectivity index (χ1n) is 11.2. The van der Waals surface area contributed by atoms with Crippen molar-refractivity contribution < 1.29 is 9.53 Å². The van der Waals surface area contributed by atoms with E-state index in [0.717, 1.165) is 52.8 Å². The van der Waals surface area contributed by atoms with E-state index < -0.39 is 5.91 Å². The smallest absolute Gasteiger partial charge is 0.248 e. The maximum Gasteiger partial charge on any atom is 0.248 e. The van der Waals surface area contributed by atoms with E-state index in [9.17, 15) is 4.79 Å². The lowest BCUT2D eigenvalue weighted by molar-refractivity contribution is 0.1000. The lowest BCUT2D eigenvalue weighted by atomic mass is 9.96. The molecule has 2 aromatic carbocycles. The molecule has 1 aliphatic rings. The van der Waals surface area contributed by atoms with Crippen LogP contribution in [0.2, 0.25) is 0 Å². The molecule has 0 saturated heterocycles. The number of nitrogens with two attached hydrogens (primary N) is 1. The number of hydrogen-bond acceptors (Lipinski definition) is 5. The summed E-state index contributed by atoms with van der Waals surface area (Å²) in [5.41, 5.74) is 11.8. The van der Waals surface area contributed by atoms with Crippen molar-refractivity contribution in [3.05, 3.63) is 90.4 Å². The van der Waals surface area contributed by atoms with Gasteiger partial charge in [0, 0.05) is 47.2 Å². The molecule has 0 atom stereocenters. The van der Waals surface area contributed by atoms with Crippen LogP contribution in [0.5, 0.6) is 11.5 Å². The zero-order valence-electron chi connectivity index (χ0n) is 18.3. The first-order chi connectivity index (χ1) is 16.7. The molecule has 4 heterocycles. The maximum absolute atomic E-state index is 11.5. The molecule has 1 amide bonds. The van der Waals surface area contributed by atoms with Gasteiger partial charge in [0.05, 0.1) is 11.2 Å². The highest BCUT2D eigenvalue weighted by Crippen LogP contribution is 2.40. The number of benzene rings is 2. The van der Waals surface area contributed by atoms with Crippen LogP contribution in [0.4, 0.5) is 0 Å². The van der Waals surface area contributed by atoms with Crippen LogP contribution in [0.25, 0.3) is 33.4 Å². The summed E-state index contributed by atoms with van der Waals surface area (Å²) < 4.78 is 8.11. The van der Waals surface area contributed by atoms with Crippen molar-refractivity contribution >= 4 is 16.8 Å². The summed E-state index contributed by atoms with van der Waals surface area (Å²) in [6.07, 6.45) is 5.68. The number of aryl methyl sites for hydroxylation is 1. The van der Waals surface area contributed by atoms with E-state index in [1.54, 1.807) is 30.5 Å². The Labute approximate surface area is 195 Å². The third-order valence-corrected chi connectivity index (χ3v) is 6.09. The molecule has 7 nitrogen and oxygen atoms in total. The fraction of sp³-hybridized carbons (Fsp3) is 0.111. The number of primary amides is 1. The molecule has 0 aliphatic carbocycles. The van der Waals surface area contributed by atoms with Gasteiger partial charge in [-0.3, -0.25) is 19.4 Å². The maximum atomic E-state index is 11.5. The fourth-order valence-corrected chi connectivity index (χ4v) is 4.56. The molecule has 1 aliphatic heterocycles. The zero-order valence-corrected chi connectivity index (χ0v) is 18.3. The average Bonchev–Trinajstić information content (AvgIpc) is 3.46. The molecule has 0 bridgehead atoms. The molecule has 0 saturated carbocycles. The standard InChI is InChI=1S/C27H21N5O2/c28-27(33)17-5-3-6-18(15-17)34-19-9-10-20-21(11-13-30-23(20)16-19)25-24-8-4-14-32(24)31-26(25)22-7-1-2-12-29-22/h1-3,5-7,9-13,15-16H,4,8,14H2,(H2,28,33). The van der Waals surface area contributed by atoms with Gasteiger partial charge in [-0.25, -0.2) is 0 Å². The molecule has 6 rings (SSSR count). The van der Waals surface area contributed by atoms with Crippen molar-refractivity contribution in [1.29, 1.82) is 0 Å². The van der Waals surface area contributed by atoms with Gasteiger partial charge in [0.15, 0.2) is 0 Å². The van der Waals surface area contributed by atoms with Crippen molar-refractivity contribution in [2.45, 2.75) is 19.4 Å². The second kappa shape index (κ2) is 8.12. The van der Waals surface area contributed by atoms with Gasteiger partial charge in [0.25, 0.3) is 0 Å². The molecule has 5 aromatic rings. The number of pyridine rings is 2. The molecule has 166 valence electrons. The largest absolute Gasteiger partial charge is 0.457 e. The molecule has 0 fully saturated rings. The Morgan fingerprint density at radius 2 is 1.85 bits per heavy atom. The predicted octanol–water partition coefficient (Wildman–Crippen LogP) is 5.00. The lowest BCUT2D eigenvalue weighted by Gasteiger charge is -2.11. The van der Waals surface area contributed by atoms with Crippen molar-refractivity contribution in [2.24, 2.45) is 5.73 Å². The van der Waals surface area contributed by atoms with Crippen molar-refractivity contribution in [3.8, 4) is 34.0 Å². The van der Waals surface area contributed by atoms with Gasteiger partial charge in [-0.05, 0) is 66.9 Å². The van der Waals surface area contributed by atoms with Gasteiger partial charge >= 0.3 is 0 Å². The summed E-state index contributed by atoms with van der Waals surface area (Å²) in [4.78, 5) is 20.6. The van der Waals surface area contributed by atoms with Crippen LogP contribution in [0.15, 0.2) is 79.1 Å². The van der Waals surface area contributed by atoms with Gasteiger partial charge < -0.3 is 10.5 Å². The van der Waals surface area contributed by atoms with Gasteiger partial charge in [0.1, 0.15) is 17.2 Å². The van der Waals surface area contributed by atoms with Crippen LogP contribution in [0, 0.1) is 0 Å². The number of carbonyl (C=O) groups is 1. The third kappa shape index (κ3) is 3.47. The normalized spacial score (nSPS) is 12.6. The molecule has 7 heteroatoms. The number of amides is 1. The minimum absolute atomic E-state index is 0.399. The van der Waals surface area contributed by atoms with E-state index in [-0.39, 0.29) is 0 Å². The Morgan fingerprint density at radius 3 is 2.71 bits per heavy atom. The Balaban J connectivity index is 1.44. The summed E-state index contributed by atoms with van der Waals surface area (Å²) in [6, 6.07) is 20.6. The van der Waals surface area contributed by atoms with Gasteiger partial charge in [-0.15, -0.1) is 0 Å². The predicted molar refractivity (Wildman–Crippen MR) is 130 cm³/mol. The second-order valence-electron chi connectivity index (χ2n) is 8.24. The number of aromatic nitrogens is 4. The number of fused-ring (bicyclic) bond motifs is 2. The van der Waals surface area contributed by atoms with Crippen molar-refractivity contribution in [3.63, 3.8) is 0 Å². The van der Waals surface area contributed by atoms with Gasteiger partial charge in [-0.1, -0.05) is 12.1 Å². The Bertz CT molecular complexity index is 1540. The number of ether oxygens (including phenoxy) is 1. The van der Waals surface area contributed by atoms with Gasteiger partial charge in [-0.2, -0.15) is 5.10 Å². The quantitative estimate of drug-likeness (QED) is 0.409. The van der Waals surface area contributed by atoms with Crippen molar-refractivity contribution in [2.75, 3.05) is 0 Å². The van der Waals surface area contributed by atoms with E-state index in [0.29, 0.717) is 17.1 Å². The second-order valence-corrected chi connectivity index (χ2v) is 8.24. The van der Waals surface area contributed by atoms with Crippen LogP contribution in [0.3, 0.4) is 0 Å². The molecular weight excluding hydrogens is 426 g/mol. The topological polar surface area (TPSA) is 95.9 Å². The Morgan fingerprint density at radius 1 is 0.941 bits per heavy atom. The summed E-state index contributed by atoms with van der Waals surface area (Å²) in [5.74, 6) is 0.676. The van der Waals surface area contributed by atoms with E-state index >= 15 is 0 Å². The number of carbonyl (C=O) groups excluding carboxylic acids is 1. The molecule has 0 radical (unpaired) electrons. The average molecular weight is 447 g/mol. The number of rotatable bonds is 5. The third-order valence-electron chi connectivity index (χ3n) is 6.09. The minimum atomic E-state index is -0.493. The van der Waals surface area contributed by atoms with Crippen LogP contribution in [-0.4, -0.2) is 25.7 Å². The molecule has 34 heavy (non-hydrogen) atoms. The minimum Gasteiger partial charge on any atom is -0.457 e. The van der Waals surface area contributed by atoms with Crippen LogP contribution < -0.4 is 10.5 Å². The number of hydrogen-bond donors (Lipinski definition) is 1. The van der Waals surface area contributed by atoms with Crippen LogP contribution in [-0.2, 0) is 13.0 Å². The van der Waals surface area contributed by atoms with Crippen LogP contribution >= 0.6 is 0 Å². The molecule has 2 N–H and O–H groups in total. The first-order valence-corrected chi connectivity index (χ1v) is 11.2. The van der Waals surface area contributed by atoms with Crippen molar-refractivity contribution in [1.82, 2.24) is 19.7 Å². The molecular formula is C27H21N5O2. The summed E-state index contributed by atoms with van der Waals surface area (Å²) in [6.45, 7) is 0.917.